The normalized spacial score (nSPS) is 12.7. The van der Waals surface area contributed by atoms with Crippen LogP contribution in [0.2, 0.25) is 0 Å². The molecular weight excluding hydrogens is 370 g/mol. The van der Waals surface area contributed by atoms with E-state index in [1.165, 1.54) is 19.2 Å². The highest BCUT2D eigenvalue weighted by Gasteiger charge is 2.18. The molecule has 0 spiro atoms. The van der Waals surface area contributed by atoms with E-state index in [0.29, 0.717) is 11.1 Å². The van der Waals surface area contributed by atoms with Gasteiger partial charge in [-0.2, -0.15) is 0 Å². The fourth-order valence-electron chi connectivity index (χ4n) is 2.49. The van der Waals surface area contributed by atoms with E-state index in [0.717, 1.165) is 11.6 Å². The Kier molecular flexibility index (Phi) is 7.09. The Morgan fingerprint density at radius 3 is 2.33 bits per heavy atom. The van der Waals surface area contributed by atoms with Gasteiger partial charge in [-0.1, -0.05) is 24.3 Å². The van der Waals surface area contributed by atoms with Gasteiger partial charge in [0.15, 0.2) is 0 Å². The van der Waals surface area contributed by atoms with Crippen molar-refractivity contribution >= 4 is 16.0 Å². The fourth-order valence-corrected chi connectivity index (χ4v) is 3.57. The number of hydrogen-bond donors (Lipinski definition) is 2. The van der Waals surface area contributed by atoms with Gasteiger partial charge in [-0.3, -0.25) is 0 Å². The summed E-state index contributed by atoms with van der Waals surface area (Å²) in [6.45, 7) is 2.22. The second-order valence-electron chi connectivity index (χ2n) is 5.94. The number of carboxylic acids is 1. The molecule has 0 aromatic heterocycles. The third-order valence-corrected chi connectivity index (χ3v) is 5.57. The number of sulfonamides is 1. The van der Waals surface area contributed by atoms with Crippen molar-refractivity contribution in [3.8, 4) is 11.1 Å². The van der Waals surface area contributed by atoms with Gasteiger partial charge in [0.25, 0.3) is 0 Å². The van der Waals surface area contributed by atoms with Crippen molar-refractivity contribution < 1.29 is 27.8 Å². The molecule has 0 saturated heterocycles. The number of carbonyl (C=O) groups is 1. The summed E-state index contributed by atoms with van der Waals surface area (Å²) < 4.78 is 37.4. The monoisotopic (exact) mass is 393 g/mol. The first-order valence-corrected chi connectivity index (χ1v) is 9.77. The van der Waals surface area contributed by atoms with Gasteiger partial charge in [0.1, 0.15) is 0 Å². The molecule has 0 heterocycles. The van der Waals surface area contributed by atoms with Crippen molar-refractivity contribution in [3.63, 3.8) is 0 Å². The molecule has 0 saturated carbocycles. The number of methoxy groups -OCH3 is 2. The molecule has 2 rings (SSSR count). The minimum absolute atomic E-state index is 0.0784. The largest absolute Gasteiger partial charge is 0.478 e. The Bertz CT molecular complexity index is 893. The van der Waals surface area contributed by atoms with E-state index < -0.39 is 16.0 Å². The lowest BCUT2D eigenvalue weighted by Gasteiger charge is -2.12. The van der Waals surface area contributed by atoms with Gasteiger partial charge in [0, 0.05) is 20.8 Å². The lowest BCUT2D eigenvalue weighted by Crippen LogP contribution is -2.27. The molecule has 146 valence electrons. The summed E-state index contributed by atoms with van der Waals surface area (Å²) in [4.78, 5) is 11.3. The zero-order valence-electron chi connectivity index (χ0n) is 15.4. The molecule has 7 nitrogen and oxygen atoms in total. The Hall–Kier alpha value is -2.26. The maximum absolute atomic E-state index is 12.5. The van der Waals surface area contributed by atoms with Crippen molar-refractivity contribution in [2.45, 2.75) is 17.9 Å². The first kappa shape index (κ1) is 21.0. The number of hydrogen-bond acceptors (Lipinski definition) is 5. The molecule has 8 heteroatoms. The lowest BCUT2D eigenvalue weighted by molar-refractivity contribution is 0.0696. The predicted molar refractivity (Wildman–Crippen MR) is 101 cm³/mol. The van der Waals surface area contributed by atoms with Gasteiger partial charge in [-0.15, -0.1) is 0 Å². The van der Waals surface area contributed by atoms with Crippen molar-refractivity contribution in [3.05, 3.63) is 53.6 Å². The van der Waals surface area contributed by atoms with Crippen LogP contribution in [-0.4, -0.2) is 46.9 Å². The standard InChI is InChI=1S/C19H23NO6S/c1-13(26-3)14-4-6-15(7-5-14)16-10-17(19(21)22)12-18(11-16)27(23,24)20-8-9-25-2/h4-7,10-13,20H,8-9H2,1-3H3,(H,21,22)/t13-/m0/s1. The van der Waals surface area contributed by atoms with Gasteiger partial charge in [-0.05, 0) is 41.8 Å². The molecule has 2 N–H and O–H groups in total. The average Bonchev–Trinajstić information content (AvgIpc) is 2.67. The van der Waals surface area contributed by atoms with E-state index in [1.54, 1.807) is 19.2 Å². The number of benzene rings is 2. The lowest BCUT2D eigenvalue weighted by atomic mass is 10.0. The maximum atomic E-state index is 12.5. The second kappa shape index (κ2) is 9.09. The van der Waals surface area contributed by atoms with Crippen molar-refractivity contribution in [1.82, 2.24) is 4.72 Å². The van der Waals surface area contributed by atoms with Crippen LogP contribution >= 0.6 is 0 Å². The van der Waals surface area contributed by atoms with Crippen molar-refractivity contribution in [2.24, 2.45) is 0 Å². The van der Waals surface area contributed by atoms with E-state index in [4.69, 9.17) is 9.47 Å². The van der Waals surface area contributed by atoms with Crippen molar-refractivity contribution in [1.29, 1.82) is 0 Å². The van der Waals surface area contributed by atoms with Gasteiger partial charge < -0.3 is 14.6 Å². The van der Waals surface area contributed by atoms with Crippen LogP contribution in [0.3, 0.4) is 0 Å². The third kappa shape index (κ3) is 5.36. The van der Waals surface area contributed by atoms with Crippen LogP contribution in [0, 0.1) is 0 Å². The van der Waals surface area contributed by atoms with Gasteiger partial charge in [0.2, 0.25) is 10.0 Å². The molecule has 2 aromatic carbocycles. The summed E-state index contributed by atoms with van der Waals surface area (Å²) in [5.74, 6) is -1.20. The highest BCUT2D eigenvalue weighted by Crippen LogP contribution is 2.27. The molecular formula is C19H23NO6S. The summed E-state index contributed by atoms with van der Waals surface area (Å²) in [7, 11) is -0.780. The molecule has 0 amide bonds. The Balaban J connectivity index is 2.45. The molecule has 0 fully saturated rings. The van der Waals surface area contributed by atoms with Gasteiger partial charge in [-0.25, -0.2) is 17.9 Å². The number of rotatable bonds is 9. The number of carboxylic acid groups (broad SMARTS) is 1. The Morgan fingerprint density at radius 2 is 1.78 bits per heavy atom. The van der Waals surface area contributed by atoms with E-state index in [-0.39, 0.29) is 29.7 Å². The quantitative estimate of drug-likeness (QED) is 0.635. The molecule has 0 aliphatic rings. The Labute approximate surface area is 159 Å². The number of aromatic carboxylic acids is 1. The number of nitrogens with one attached hydrogen (secondary N) is 1. The first-order valence-electron chi connectivity index (χ1n) is 8.28. The van der Waals surface area contributed by atoms with Gasteiger partial charge >= 0.3 is 5.97 Å². The molecule has 1 atom stereocenters. The van der Waals surface area contributed by atoms with E-state index in [1.807, 2.05) is 19.1 Å². The summed E-state index contributed by atoms with van der Waals surface area (Å²) in [5.41, 5.74) is 2.07. The summed E-state index contributed by atoms with van der Waals surface area (Å²) in [6.07, 6.45) is -0.0784. The van der Waals surface area contributed by atoms with Crippen LogP contribution in [0.5, 0.6) is 0 Å². The average molecular weight is 393 g/mol. The topological polar surface area (TPSA) is 102 Å². The maximum Gasteiger partial charge on any atom is 0.335 e. The fraction of sp³-hybridized carbons (Fsp3) is 0.316. The van der Waals surface area contributed by atoms with E-state index in [2.05, 4.69) is 4.72 Å². The van der Waals surface area contributed by atoms with Crippen LogP contribution < -0.4 is 4.72 Å². The van der Waals surface area contributed by atoms with Crippen LogP contribution in [0.4, 0.5) is 0 Å². The van der Waals surface area contributed by atoms with Crippen molar-refractivity contribution in [2.75, 3.05) is 27.4 Å². The molecule has 0 bridgehead atoms. The summed E-state index contributed by atoms with van der Waals surface area (Å²) >= 11 is 0. The van der Waals surface area contributed by atoms with Crippen LogP contribution in [0.15, 0.2) is 47.4 Å². The predicted octanol–water partition coefficient (Wildman–Crippen LogP) is 2.68. The molecule has 0 radical (unpaired) electrons. The molecule has 0 aliphatic heterocycles. The van der Waals surface area contributed by atoms with Gasteiger partial charge in [0.05, 0.1) is 23.2 Å². The second-order valence-corrected chi connectivity index (χ2v) is 7.71. The highest BCUT2D eigenvalue weighted by molar-refractivity contribution is 7.89. The molecule has 0 aliphatic carbocycles. The number of ether oxygens (including phenoxy) is 2. The minimum Gasteiger partial charge on any atom is -0.478 e. The Morgan fingerprint density at radius 1 is 1.11 bits per heavy atom. The SMILES string of the molecule is COCCNS(=O)(=O)c1cc(C(=O)O)cc(-c2ccc([C@H](C)OC)cc2)c1. The third-order valence-electron chi connectivity index (χ3n) is 4.13. The first-order chi connectivity index (χ1) is 12.8. The van der Waals surface area contributed by atoms with Crippen LogP contribution in [-0.2, 0) is 19.5 Å². The van der Waals surface area contributed by atoms with E-state index >= 15 is 0 Å². The zero-order chi connectivity index (χ0) is 20.0. The summed E-state index contributed by atoms with van der Waals surface area (Å²) in [6, 6.07) is 11.4. The van der Waals surface area contributed by atoms with Crippen LogP contribution in [0.25, 0.3) is 11.1 Å². The molecule has 0 unspecified atom stereocenters. The van der Waals surface area contributed by atoms with E-state index in [9.17, 15) is 18.3 Å². The minimum atomic E-state index is -3.86. The summed E-state index contributed by atoms with van der Waals surface area (Å²) in [5, 5.41) is 9.36. The van der Waals surface area contributed by atoms with Crippen LogP contribution in [0.1, 0.15) is 28.9 Å². The molecule has 27 heavy (non-hydrogen) atoms. The zero-order valence-corrected chi connectivity index (χ0v) is 16.2. The molecule has 2 aromatic rings. The highest BCUT2D eigenvalue weighted by atomic mass is 32.2. The smallest absolute Gasteiger partial charge is 0.335 e.